The van der Waals surface area contributed by atoms with Crippen LogP contribution < -0.4 is 0 Å². The van der Waals surface area contributed by atoms with Crippen molar-refractivity contribution in [2.45, 2.75) is 37.8 Å². The largest absolute Gasteiger partial charge is 0.276 e. The van der Waals surface area contributed by atoms with Gasteiger partial charge in [0.2, 0.25) is 0 Å². The van der Waals surface area contributed by atoms with Crippen LogP contribution >= 0.6 is 0 Å². The third kappa shape index (κ3) is 3.88. The summed E-state index contributed by atoms with van der Waals surface area (Å²) in [5.41, 5.74) is 0. The molecule has 1 radical (unpaired) electrons. The summed E-state index contributed by atoms with van der Waals surface area (Å²) in [6, 6.07) is 0. The average molecular weight is 189 g/mol. The van der Waals surface area contributed by atoms with Crippen LogP contribution in [0.15, 0.2) is 0 Å². The quantitative estimate of drug-likeness (QED) is 0.595. The number of alkyl halides is 5. The zero-order valence-electron chi connectivity index (χ0n) is 6.59. The van der Waals surface area contributed by atoms with E-state index >= 15 is 0 Å². The lowest BCUT2D eigenvalue weighted by Gasteiger charge is -2.20. The van der Waals surface area contributed by atoms with E-state index in [0.717, 1.165) is 0 Å². The van der Waals surface area contributed by atoms with E-state index in [1.54, 1.807) is 0 Å². The maximum absolute atomic E-state index is 12.3. The Hall–Kier alpha value is -0.350. The molecule has 0 nitrogen and oxygen atoms in total. The topological polar surface area (TPSA) is 0 Å². The van der Waals surface area contributed by atoms with E-state index in [9.17, 15) is 22.0 Å². The number of rotatable bonds is 4. The van der Waals surface area contributed by atoms with Crippen molar-refractivity contribution in [3.8, 4) is 0 Å². The first-order chi connectivity index (χ1) is 5.19. The molecule has 0 aliphatic carbocycles. The van der Waals surface area contributed by atoms with Gasteiger partial charge in [-0.15, -0.1) is 0 Å². The second-order valence-corrected chi connectivity index (χ2v) is 2.73. The highest BCUT2D eigenvalue weighted by Crippen LogP contribution is 2.32. The SMILES string of the molecule is [CH2]CC(F)(F)C[C@H](F)C(C)(F)F. The Morgan fingerprint density at radius 3 is 1.92 bits per heavy atom. The molecule has 0 aliphatic rings. The fraction of sp³-hybridized carbons (Fsp3) is 0.857. The van der Waals surface area contributed by atoms with Gasteiger partial charge in [0.1, 0.15) is 0 Å². The van der Waals surface area contributed by atoms with Gasteiger partial charge in [-0.2, -0.15) is 0 Å². The van der Waals surface area contributed by atoms with Gasteiger partial charge in [0.15, 0.2) is 6.17 Å². The van der Waals surface area contributed by atoms with Crippen LogP contribution in [0.4, 0.5) is 22.0 Å². The van der Waals surface area contributed by atoms with Gasteiger partial charge in [0.05, 0.1) is 0 Å². The van der Waals surface area contributed by atoms with Crippen LogP contribution in [0.5, 0.6) is 0 Å². The van der Waals surface area contributed by atoms with Gasteiger partial charge in [-0.1, -0.05) is 0 Å². The molecule has 0 saturated heterocycles. The fourth-order valence-electron chi connectivity index (χ4n) is 0.543. The third-order valence-corrected chi connectivity index (χ3v) is 1.39. The van der Waals surface area contributed by atoms with Gasteiger partial charge in [-0.05, 0) is 6.92 Å². The standard InChI is InChI=1S/C7H10F5/c1-3-7(11,12)4-5(8)6(2,9)10/h5H,1,3-4H2,2H3/t5-/m0/s1. The molecule has 0 saturated carbocycles. The van der Waals surface area contributed by atoms with Gasteiger partial charge in [-0.25, -0.2) is 22.0 Å². The minimum absolute atomic E-state index is 0.275. The Kier molecular flexibility index (Phi) is 3.47. The first-order valence-electron chi connectivity index (χ1n) is 3.38. The van der Waals surface area contributed by atoms with Crippen LogP contribution in [0.2, 0.25) is 0 Å². The molecule has 5 heteroatoms. The number of hydrogen-bond acceptors (Lipinski definition) is 0. The predicted molar refractivity (Wildman–Crippen MR) is 35.1 cm³/mol. The van der Waals surface area contributed by atoms with Crippen molar-refractivity contribution < 1.29 is 22.0 Å². The molecule has 0 bridgehead atoms. The summed E-state index contributed by atoms with van der Waals surface area (Å²) in [6.45, 7) is 3.11. The number of halogens is 5. The summed E-state index contributed by atoms with van der Waals surface area (Å²) in [5, 5.41) is 0. The number of hydrogen-bond donors (Lipinski definition) is 0. The summed E-state index contributed by atoms with van der Waals surface area (Å²) in [6.07, 6.45) is -5.15. The third-order valence-electron chi connectivity index (χ3n) is 1.39. The molecular weight excluding hydrogens is 179 g/mol. The van der Waals surface area contributed by atoms with E-state index in [1.165, 1.54) is 0 Å². The normalized spacial score (nSPS) is 16.2. The minimum atomic E-state index is -3.71. The molecule has 0 rings (SSSR count). The Bertz CT molecular complexity index is 137. The van der Waals surface area contributed by atoms with E-state index in [0.29, 0.717) is 0 Å². The Morgan fingerprint density at radius 1 is 1.25 bits per heavy atom. The Morgan fingerprint density at radius 2 is 1.67 bits per heavy atom. The molecule has 12 heavy (non-hydrogen) atoms. The minimum Gasteiger partial charge on any atom is -0.241 e. The van der Waals surface area contributed by atoms with Crippen molar-refractivity contribution in [1.29, 1.82) is 0 Å². The summed E-state index contributed by atoms with van der Waals surface area (Å²) in [5.74, 6) is -7.16. The van der Waals surface area contributed by atoms with Crippen molar-refractivity contribution in [2.24, 2.45) is 0 Å². The molecular formula is C7H10F5. The van der Waals surface area contributed by atoms with Gasteiger partial charge in [0.25, 0.3) is 11.8 Å². The Balaban J connectivity index is 4.09. The lowest BCUT2D eigenvalue weighted by atomic mass is 10.1. The second kappa shape index (κ2) is 3.58. The molecule has 73 valence electrons. The summed E-state index contributed by atoms with van der Waals surface area (Å²) in [7, 11) is 0. The van der Waals surface area contributed by atoms with Gasteiger partial charge in [0, 0.05) is 19.8 Å². The van der Waals surface area contributed by atoms with Crippen LogP contribution in [0.25, 0.3) is 0 Å². The molecule has 0 spiro atoms. The molecule has 0 fully saturated rings. The van der Waals surface area contributed by atoms with Crippen LogP contribution in [-0.4, -0.2) is 18.0 Å². The van der Waals surface area contributed by atoms with Gasteiger partial charge in [-0.3, -0.25) is 0 Å². The van der Waals surface area contributed by atoms with Crippen molar-refractivity contribution >= 4 is 0 Å². The maximum Gasteiger partial charge on any atom is 0.276 e. The molecule has 1 atom stereocenters. The zero-order valence-corrected chi connectivity index (χ0v) is 6.59. The molecule has 0 aromatic heterocycles. The van der Waals surface area contributed by atoms with E-state index in [1.807, 2.05) is 0 Å². The fourth-order valence-corrected chi connectivity index (χ4v) is 0.543. The predicted octanol–water partition coefficient (Wildman–Crippen LogP) is 3.23. The first-order valence-corrected chi connectivity index (χ1v) is 3.38. The van der Waals surface area contributed by atoms with Crippen molar-refractivity contribution in [2.75, 3.05) is 0 Å². The molecule has 0 aliphatic heterocycles. The lowest BCUT2D eigenvalue weighted by Crippen LogP contribution is -2.32. The van der Waals surface area contributed by atoms with E-state index < -0.39 is 30.9 Å². The van der Waals surface area contributed by atoms with E-state index in [2.05, 4.69) is 6.92 Å². The maximum atomic E-state index is 12.3. The van der Waals surface area contributed by atoms with Crippen molar-refractivity contribution in [3.05, 3.63) is 6.92 Å². The van der Waals surface area contributed by atoms with Crippen LogP contribution in [-0.2, 0) is 0 Å². The van der Waals surface area contributed by atoms with E-state index in [-0.39, 0.29) is 6.92 Å². The summed E-state index contributed by atoms with van der Waals surface area (Å²) in [4.78, 5) is 0. The highest BCUT2D eigenvalue weighted by molar-refractivity contribution is 4.79. The summed E-state index contributed by atoms with van der Waals surface area (Å²) < 4.78 is 61.0. The van der Waals surface area contributed by atoms with Crippen molar-refractivity contribution in [3.63, 3.8) is 0 Å². The molecule has 0 aromatic carbocycles. The summed E-state index contributed by atoms with van der Waals surface area (Å²) >= 11 is 0. The smallest absolute Gasteiger partial charge is 0.241 e. The van der Waals surface area contributed by atoms with Crippen molar-refractivity contribution in [1.82, 2.24) is 0 Å². The zero-order chi connectivity index (χ0) is 9.99. The van der Waals surface area contributed by atoms with Crippen LogP contribution in [0.3, 0.4) is 0 Å². The monoisotopic (exact) mass is 189 g/mol. The molecule has 0 aromatic rings. The first kappa shape index (κ1) is 11.6. The van der Waals surface area contributed by atoms with E-state index in [4.69, 9.17) is 0 Å². The van der Waals surface area contributed by atoms with Gasteiger partial charge < -0.3 is 0 Å². The lowest BCUT2D eigenvalue weighted by molar-refractivity contribution is -0.105. The second-order valence-electron chi connectivity index (χ2n) is 2.73. The van der Waals surface area contributed by atoms with Crippen LogP contribution in [0, 0.1) is 6.92 Å². The molecule has 0 amide bonds. The van der Waals surface area contributed by atoms with Gasteiger partial charge >= 0.3 is 0 Å². The molecule has 0 unspecified atom stereocenters. The molecule has 0 heterocycles. The van der Waals surface area contributed by atoms with Crippen LogP contribution in [0.1, 0.15) is 19.8 Å². The molecule has 0 N–H and O–H groups in total. The highest BCUT2D eigenvalue weighted by Gasteiger charge is 2.41. The highest BCUT2D eigenvalue weighted by atomic mass is 19.3. The Labute approximate surface area is 67.8 Å². The average Bonchev–Trinajstić information content (AvgIpc) is 1.85.